The number of carbonyl (C=O) groups excluding carboxylic acids is 1. The van der Waals surface area contributed by atoms with Gasteiger partial charge in [-0.25, -0.2) is 13.2 Å². The van der Waals surface area contributed by atoms with Crippen molar-refractivity contribution in [2.24, 2.45) is 0 Å². The lowest BCUT2D eigenvalue weighted by Crippen LogP contribution is -2.30. The van der Waals surface area contributed by atoms with Crippen molar-refractivity contribution in [3.05, 3.63) is 29.6 Å². The van der Waals surface area contributed by atoms with E-state index in [0.717, 1.165) is 12.1 Å². The fraction of sp³-hybridized carbons (Fsp3) is 0.364. The molecule has 1 amide bonds. The first-order valence-corrected chi connectivity index (χ1v) is 5.19. The number of rotatable bonds is 6. The summed E-state index contributed by atoms with van der Waals surface area (Å²) in [5.41, 5.74) is -0.396. The fourth-order valence-corrected chi connectivity index (χ4v) is 1.19. The molecule has 0 spiro atoms. The number of halogens is 3. The Hall–Kier alpha value is -1.60. The summed E-state index contributed by atoms with van der Waals surface area (Å²) in [4.78, 5) is 11.3. The van der Waals surface area contributed by atoms with Gasteiger partial charge in [-0.1, -0.05) is 0 Å². The maximum atomic E-state index is 13.2. The normalized spacial score (nSPS) is 10.4. The molecule has 0 atom stereocenters. The second kappa shape index (κ2) is 6.97. The Morgan fingerprint density at radius 3 is 2.67 bits per heavy atom. The predicted octanol–water partition coefficient (Wildman–Crippen LogP) is 1.28. The minimum atomic E-state index is -1.61. The van der Waals surface area contributed by atoms with Crippen molar-refractivity contribution in [1.82, 2.24) is 5.32 Å². The highest BCUT2D eigenvalue weighted by atomic mass is 19.2. The number of anilines is 1. The quantitative estimate of drug-likeness (QED) is 0.600. The van der Waals surface area contributed by atoms with Gasteiger partial charge in [0.15, 0.2) is 17.5 Å². The highest BCUT2D eigenvalue weighted by Crippen LogP contribution is 2.19. The maximum absolute atomic E-state index is 13.2. The molecule has 0 aliphatic heterocycles. The number of nitrogens with one attached hydrogen (secondary N) is 2. The Kier molecular flexibility index (Phi) is 5.60. The zero-order valence-corrected chi connectivity index (χ0v) is 9.73. The lowest BCUT2D eigenvalue weighted by Gasteiger charge is -2.08. The van der Waals surface area contributed by atoms with E-state index in [-0.39, 0.29) is 6.54 Å². The van der Waals surface area contributed by atoms with Gasteiger partial charge in [0.2, 0.25) is 5.91 Å². The van der Waals surface area contributed by atoms with Crippen LogP contribution < -0.4 is 10.6 Å². The number of hydrogen-bond donors (Lipinski definition) is 2. The molecule has 0 bridgehead atoms. The number of benzene rings is 1. The highest BCUT2D eigenvalue weighted by Gasteiger charge is 2.14. The lowest BCUT2D eigenvalue weighted by atomic mass is 10.2. The summed E-state index contributed by atoms with van der Waals surface area (Å²) in [5.74, 6) is -4.89. The Morgan fingerprint density at radius 2 is 2.00 bits per heavy atom. The van der Waals surface area contributed by atoms with Gasteiger partial charge in [-0.05, 0) is 12.1 Å². The van der Waals surface area contributed by atoms with Gasteiger partial charge in [0, 0.05) is 13.7 Å². The van der Waals surface area contributed by atoms with Gasteiger partial charge >= 0.3 is 0 Å². The topological polar surface area (TPSA) is 50.4 Å². The van der Waals surface area contributed by atoms with E-state index in [9.17, 15) is 18.0 Å². The summed E-state index contributed by atoms with van der Waals surface area (Å²) in [6.45, 7) is 0.790. The molecule has 1 aromatic rings. The van der Waals surface area contributed by atoms with Crippen LogP contribution in [0.3, 0.4) is 0 Å². The van der Waals surface area contributed by atoms with Crippen LogP contribution in [0.5, 0.6) is 0 Å². The summed E-state index contributed by atoms with van der Waals surface area (Å²) in [6.07, 6.45) is 0. The molecule has 0 heterocycles. The largest absolute Gasteiger partial charge is 0.383 e. The van der Waals surface area contributed by atoms with E-state index in [1.165, 1.54) is 7.11 Å². The Labute approximate surface area is 102 Å². The van der Waals surface area contributed by atoms with Gasteiger partial charge in [0.05, 0.1) is 18.8 Å². The molecule has 1 rings (SSSR count). The van der Waals surface area contributed by atoms with Gasteiger partial charge < -0.3 is 15.4 Å². The van der Waals surface area contributed by atoms with E-state index < -0.39 is 29.0 Å². The minimum Gasteiger partial charge on any atom is -0.383 e. The standard InChI is InChI=1S/C11H13F3N2O2/c1-18-5-4-15-6-9(17)16-8-3-2-7(12)10(13)11(8)14/h2-3,15H,4-6H2,1H3,(H,16,17). The van der Waals surface area contributed by atoms with E-state index in [1.54, 1.807) is 0 Å². The molecule has 0 unspecified atom stereocenters. The molecule has 7 heteroatoms. The average molecular weight is 262 g/mol. The summed E-state index contributed by atoms with van der Waals surface area (Å²) in [5, 5.41) is 4.86. The SMILES string of the molecule is COCCNCC(=O)Nc1ccc(F)c(F)c1F. The average Bonchev–Trinajstić information content (AvgIpc) is 2.35. The summed E-state index contributed by atoms with van der Waals surface area (Å²) in [6, 6.07) is 1.70. The van der Waals surface area contributed by atoms with Crippen LogP contribution in [0.2, 0.25) is 0 Å². The van der Waals surface area contributed by atoms with Crippen molar-refractivity contribution in [3.8, 4) is 0 Å². The van der Waals surface area contributed by atoms with E-state index >= 15 is 0 Å². The van der Waals surface area contributed by atoms with Crippen molar-refractivity contribution >= 4 is 11.6 Å². The van der Waals surface area contributed by atoms with Gasteiger partial charge in [0.1, 0.15) is 0 Å². The number of carbonyl (C=O) groups is 1. The van der Waals surface area contributed by atoms with E-state index in [1.807, 2.05) is 0 Å². The van der Waals surface area contributed by atoms with Crippen LogP contribution in [0.4, 0.5) is 18.9 Å². The maximum Gasteiger partial charge on any atom is 0.238 e. The molecule has 0 aliphatic carbocycles. The molecular formula is C11H13F3N2O2. The van der Waals surface area contributed by atoms with Crippen molar-refractivity contribution < 1.29 is 22.7 Å². The van der Waals surface area contributed by atoms with Gasteiger partial charge in [-0.2, -0.15) is 0 Å². The van der Waals surface area contributed by atoms with E-state index in [0.29, 0.717) is 13.2 Å². The third-order valence-corrected chi connectivity index (χ3v) is 2.08. The third-order valence-electron chi connectivity index (χ3n) is 2.08. The van der Waals surface area contributed by atoms with Crippen LogP contribution in [0.15, 0.2) is 12.1 Å². The molecule has 0 aromatic heterocycles. The van der Waals surface area contributed by atoms with Crippen LogP contribution in [0.1, 0.15) is 0 Å². The molecule has 18 heavy (non-hydrogen) atoms. The Balaban J connectivity index is 2.52. The van der Waals surface area contributed by atoms with E-state index in [2.05, 4.69) is 10.6 Å². The highest BCUT2D eigenvalue weighted by molar-refractivity contribution is 5.92. The van der Waals surface area contributed by atoms with Crippen LogP contribution in [0.25, 0.3) is 0 Å². The molecule has 0 saturated heterocycles. The molecule has 100 valence electrons. The molecule has 1 aromatic carbocycles. The van der Waals surface area contributed by atoms with Crippen molar-refractivity contribution in [2.75, 3.05) is 32.1 Å². The van der Waals surface area contributed by atoms with Gasteiger partial charge in [0.25, 0.3) is 0 Å². The number of hydrogen-bond acceptors (Lipinski definition) is 3. The van der Waals surface area contributed by atoms with E-state index in [4.69, 9.17) is 4.74 Å². The molecule has 0 fully saturated rings. The van der Waals surface area contributed by atoms with Crippen molar-refractivity contribution in [3.63, 3.8) is 0 Å². The minimum absolute atomic E-state index is 0.0816. The van der Waals surface area contributed by atoms with Crippen LogP contribution in [0, 0.1) is 17.5 Å². The first-order chi connectivity index (χ1) is 8.56. The van der Waals surface area contributed by atoms with Crippen LogP contribution >= 0.6 is 0 Å². The molecule has 4 nitrogen and oxygen atoms in total. The number of ether oxygens (including phenoxy) is 1. The van der Waals surface area contributed by atoms with Crippen molar-refractivity contribution in [1.29, 1.82) is 0 Å². The fourth-order valence-electron chi connectivity index (χ4n) is 1.19. The summed E-state index contributed by atoms with van der Waals surface area (Å²) in [7, 11) is 1.51. The zero-order chi connectivity index (χ0) is 13.5. The van der Waals surface area contributed by atoms with Gasteiger partial charge in [-0.3, -0.25) is 4.79 Å². The molecule has 0 aliphatic rings. The molecule has 0 saturated carbocycles. The second-order valence-corrected chi connectivity index (χ2v) is 3.44. The zero-order valence-electron chi connectivity index (χ0n) is 9.73. The molecular weight excluding hydrogens is 249 g/mol. The predicted molar refractivity (Wildman–Crippen MR) is 59.7 cm³/mol. The summed E-state index contributed by atoms with van der Waals surface area (Å²) < 4.78 is 43.4. The Morgan fingerprint density at radius 1 is 1.28 bits per heavy atom. The van der Waals surface area contributed by atoms with Crippen LogP contribution in [-0.2, 0) is 9.53 Å². The first-order valence-electron chi connectivity index (χ1n) is 5.19. The molecule has 0 radical (unpaired) electrons. The number of methoxy groups -OCH3 is 1. The Bertz CT molecular complexity index is 427. The lowest BCUT2D eigenvalue weighted by molar-refractivity contribution is -0.115. The van der Waals surface area contributed by atoms with Crippen molar-refractivity contribution in [2.45, 2.75) is 0 Å². The van der Waals surface area contributed by atoms with Crippen LogP contribution in [-0.4, -0.2) is 32.7 Å². The summed E-state index contributed by atoms with van der Waals surface area (Å²) >= 11 is 0. The third kappa shape index (κ3) is 4.01. The second-order valence-electron chi connectivity index (χ2n) is 3.44. The first kappa shape index (κ1) is 14.5. The molecule has 2 N–H and O–H groups in total. The smallest absolute Gasteiger partial charge is 0.238 e. The monoisotopic (exact) mass is 262 g/mol. The number of amides is 1. The van der Waals surface area contributed by atoms with Gasteiger partial charge in [-0.15, -0.1) is 0 Å².